The van der Waals surface area contributed by atoms with E-state index in [0.717, 1.165) is 42.7 Å². The van der Waals surface area contributed by atoms with Gasteiger partial charge in [-0.25, -0.2) is 13.8 Å². The lowest BCUT2D eigenvalue weighted by Crippen LogP contribution is -2.34. The van der Waals surface area contributed by atoms with Crippen molar-refractivity contribution in [1.82, 2.24) is 4.98 Å². The molecule has 0 saturated heterocycles. The molecule has 25 heavy (non-hydrogen) atoms. The van der Waals surface area contributed by atoms with Crippen molar-refractivity contribution in [3.63, 3.8) is 0 Å². The van der Waals surface area contributed by atoms with Crippen molar-refractivity contribution >= 4 is 28.3 Å². The molecule has 0 spiro atoms. The molecule has 1 atom stereocenters. The Hall–Kier alpha value is -2.35. The molecule has 0 unspecified atom stereocenters. The monoisotopic (exact) mass is 366 g/mol. The lowest BCUT2D eigenvalue weighted by Gasteiger charge is -2.24. The number of hydrogen-bond donors (Lipinski definition) is 1. The van der Waals surface area contributed by atoms with Crippen molar-refractivity contribution in [2.24, 2.45) is 5.92 Å². The molecule has 1 N–H and O–H groups in total. The van der Waals surface area contributed by atoms with Gasteiger partial charge in [0, 0.05) is 10.9 Å². The molecule has 1 aliphatic carbocycles. The molecule has 1 aliphatic rings. The van der Waals surface area contributed by atoms with Gasteiger partial charge in [0.15, 0.2) is 22.9 Å². The van der Waals surface area contributed by atoms with E-state index in [4.69, 9.17) is 4.74 Å². The smallest absolute Gasteiger partial charge is 0.309 e. The quantitative estimate of drug-likeness (QED) is 0.818. The third-order valence-corrected chi connectivity index (χ3v) is 4.81. The number of benzene rings is 1. The van der Waals surface area contributed by atoms with Crippen molar-refractivity contribution in [2.45, 2.75) is 32.3 Å². The predicted molar refractivity (Wildman–Crippen MR) is 89.0 cm³/mol. The Morgan fingerprint density at radius 3 is 2.72 bits per heavy atom. The van der Waals surface area contributed by atoms with Crippen LogP contribution in [0.4, 0.5) is 13.9 Å². The normalized spacial score (nSPS) is 15.3. The van der Waals surface area contributed by atoms with Crippen LogP contribution in [-0.2, 0) is 14.3 Å². The first-order valence-corrected chi connectivity index (χ1v) is 8.74. The molecule has 0 bridgehead atoms. The first-order chi connectivity index (χ1) is 11.9. The predicted octanol–water partition coefficient (Wildman–Crippen LogP) is 3.76. The highest BCUT2D eigenvalue weighted by Gasteiger charge is 2.29. The van der Waals surface area contributed by atoms with E-state index in [1.54, 1.807) is 5.38 Å². The van der Waals surface area contributed by atoms with Crippen LogP contribution in [0.3, 0.4) is 0 Å². The Balaban J connectivity index is 1.61. The molecule has 1 aromatic heterocycles. The van der Waals surface area contributed by atoms with E-state index in [0.29, 0.717) is 11.3 Å². The molecule has 1 fully saturated rings. The number of halogens is 2. The van der Waals surface area contributed by atoms with Crippen molar-refractivity contribution in [3.05, 3.63) is 35.2 Å². The summed E-state index contributed by atoms with van der Waals surface area (Å²) in [4.78, 5) is 28.0. The Labute approximate surface area is 147 Å². The summed E-state index contributed by atoms with van der Waals surface area (Å²) in [6, 6.07) is 3.46. The van der Waals surface area contributed by atoms with Gasteiger partial charge in [0.2, 0.25) is 0 Å². The number of carbonyl (C=O) groups excluding carboxylic acids is 2. The topological polar surface area (TPSA) is 68.3 Å². The third kappa shape index (κ3) is 4.01. The zero-order valence-electron chi connectivity index (χ0n) is 13.4. The van der Waals surface area contributed by atoms with Gasteiger partial charge < -0.3 is 4.74 Å². The third-order valence-electron chi connectivity index (χ3n) is 4.05. The molecular formula is C17H16F2N2O3S. The molecule has 8 heteroatoms. The van der Waals surface area contributed by atoms with Crippen LogP contribution in [0.1, 0.15) is 26.2 Å². The molecule has 0 radical (unpaired) electrons. The van der Waals surface area contributed by atoms with Gasteiger partial charge in [-0.1, -0.05) is 6.42 Å². The van der Waals surface area contributed by atoms with Gasteiger partial charge in [-0.2, -0.15) is 0 Å². The molecule has 1 amide bonds. The summed E-state index contributed by atoms with van der Waals surface area (Å²) in [5.41, 5.74) is 0.818. The number of amides is 1. The number of aromatic nitrogens is 1. The van der Waals surface area contributed by atoms with Gasteiger partial charge in [-0.3, -0.25) is 14.9 Å². The molecule has 3 rings (SSSR count). The number of anilines is 1. The first kappa shape index (κ1) is 17.5. The Morgan fingerprint density at radius 1 is 1.32 bits per heavy atom. The van der Waals surface area contributed by atoms with Crippen LogP contribution in [0.2, 0.25) is 0 Å². The second kappa shape index (κ2) is 7.26. The van der Waals surface area contributed by atoms with E-state index in [-0.39, 0.29) is 17.0 Å². The number of ether oxygens (including phenoxy) is 1. The molecule has 1 heterocycles. The maximum absolute atomic E-state index is 13.3. The number of esters is 1. The van der Waals surface area contributed by atoms with Gasteiger partial charge in [0.05, 0.1) is 11.6 Å². The second-order valence-electron chi connectivity index (χ2n) is 5.86. The molecule has 132 valence electrons. The SMILES string of the molecule is C[C@@H](OC(=O)C1CCC1)C(=O)Nc1nc(-c2ccc(F)c(F)c2)cs1. The van der Waals surface area contributed by atoms with Crippen LogP contribution in [0, 0.1) is 17.6 Å². The summed E-state index contributed by atoms with van der Waals surface area (Å²) in [5, 5.41) is 4.47. The van der Waals surface area contributed by atoms with Crippen LogP contribution in [0.15, 0.2) is 23.6 Å². The van der Waals surface area contributed by atoms with E-state index < -0.39 is 23.6 Å². The lowest BCUT2D eigenvalue weighted by atomic mass is 9.86. The minimum Gasteiger partial charge on any atom is -0.452 e. The van der Waals surface area contributed by atoms with Gasteiger partial charge in [0.25, 0.3) is 5.91 Å². The highest BCUT2D eigenvalue weighted by molar-refractivity contribution is 7.14. The fraction of sp³-hybridized carbons (Fsp3) is 0.353. The van der Waals surface area contributed by atoms with Crippen LogP contribution in [0.25, 0.3) is 11.3 Å². The van der Waals surface area contributed by atoms with Crippen molar-refractivity contribution in [2.75, 3.05) is 5.32 Å². The van der Waals surface area contributed by atoms with Crippen molar-refractivity contribution in [3.8, 4) is 11.3 Å². The summed E-state index contributed by atoms with van der Waals surface area (Å²) in [7, 11) is 0. The van der Waals surface area contributed by atoms with Crippen LogP contribution >= 0.6 is 11.3 Å². The number of thiazole rings is 1. The maximum atomic E-state index is 13.3. The van der Waals surface area contributed by atoms with E-state index in [1.165, 1.54) is 13.0 Å². The Bertz CT molecular complexity index is 805. The van der Waals surface area contributed by atoms with E-state index in [9.17, 15) is 18.4 Å². The summed E-state index contributed by atoms with van der Waals surface area (Å²) >= 11 is 1.14. The number of carbonyl (C=O) groups is 2. The molecular weight excluding hydrogens is 350 g/mol. The number of rotatable bonds is 5. The largest absolute Gasteiger partial charge is 0.452 e. The van der Waals surface area contributed by atoms with Crippen molar-refractivity contribution < 1.29 is 23.1 Å². The zero-order chi connectivity index (χ0) is 18.0. The van der Waals surface area contributed by atoms with Crippen molar-refractivity contribution in [1.29, 1.82) is 0 Å². The Kier molecular flexibility index (Phi) is 5.08. The van der Waals surface area contributed by atoms with Crippen LogP contribution in [0.5, 0.6) is 0 Å². The molecule has 0 aliphatic heterocycles. The van der Waals surface area contributed by atoms with Crippen LogP contribution < -0.4 is 5.32 Å². The minimum absolute atomic E-state index is 0.102. The average molecular weight is 366 g/mol. The summed E-state index contributed by atoms with van der Waals surface area (Å²) in [5.74, 6) is -2.84. The van der Waals surface area contributed by atoms with Gasteiger partial charge >= 0.3 is 5.97 Å². The average Bonchev–Trinajstić information content (AvgIpc) is 2.96. The fourth-order valence-corrected chi connectivity index (χ4v) is 3.02. The molecule has 1 saturated carbocycles. The summed E-state index contributed by atoms with van der Waals surface area (Å²) < 4.78 is 31.4. The lowest BCUT2D eigenvalue weighted by molar-refractivity contribution is -0.159. The van der Waals surface area contributed by atoms with E-state index in [2.05, 4.69) is 10.3 Å². The van der Waals surface area contributed by atoms with Gasteiger partial charge in [0.1, 0.15) is 0 Å². The van der Waals surface area contributed by atoms with Crippen LogP contribution in [-0.4, -0.2) is 23.0 Å². The van der Waals surface area contributed by atoms with Gasteiger partial charge in [-0.05, 0) is 38.0 Å². The van der Waals surface area contributed by atoms with Gasteiger partial charge in [-0.15, -0.1) is 11.3 Å². The van der Waals surface area contributed by atoms with E-state index in [1.807, 2.05) is 0 Å². The zero-order valence-corrected chi connectivity index (χ0v) is 14.2. The Morgan fingerprint density at radius 2 is 2.08 bits per heavy atom. The molecule has 2 aromatic rings. The number of hydrogen-bond acceptors (Lipinski definition) is 5. The van der Waals surface area contributed by atoms with E-state index >= 15 is 0 Å². The summed E-state index contributed by atoms with van der Waals surface area (Å²) in [6.45, 7) is 1.50. The first-order valence-electron chi connectivity index (χ1n) is 7.86. The summed E-state index contributed by atoms with van der Waals surface area (Å²) in [6.07, 6.45) is 1.68. The number of nitrogens with zero attached hydrogens (tertiary/aromatic N) is 1. The highest BCUT2D eigenvalue weighted by Crippen LogP contribution is 2.28. The second-order valence-corrected chi connectivity index (χ2v) is 6.72. The minimum atomic E-state index is -0.965. The number of nitrogens with one attached hydrogen (secondary N) is 1. The maximum Gasteiger partial charge on any atom is 0.309 e. The molecule has 5 nitrogen and oxygen atoms in total. The standard InChI is InChI=1S/C17H16F2N2O3S/c1-9(24-16(23)10-3-2-4-10)15(22)21-17-20-14(8-25-17)11-5-6-12(18)13(19)7-11/h5-10H,2-4H2,1H3,(H,20,21,22)/t9-/m1/s1. The highest BCUT2D eigenvalue weighted by atomic mass is 32.1. The molecule has 1 aromatic carbocycles. The fourth-order valence-electron chi connectivity index (χ4n) is 2.29.